The van der Waals surface area contributed by atoms with Gasteiger partial charge in [-0.05, 0) is 41.1 Å². The second-order valence-electron chi connectivity index (χ2n) is 9.30. The summed E-state index contributed by atoms with van der Waals surface area (Å²) in [6, 6.07) is 17.2. The summed E-state index contributed by atoms with van der Waals surface area (Å²) in [6.07, 6.45) is 3.77. The van der Waals surface area contributed by atoms with Crippen molar-refractivity contribution in [3.63, 3.8) is 0 Å². The lowest BCUT2D eigenvalue weighted by Gasteiger charge is -2.17. The number of hydrogen-bond acceptors (Lipinski definition) is 4. The quantitative estimate of drug-likeness (QED) is 0.281. The van der Waals surface area contributed by atoms with Crippen LogP contribution < -0.4 is 11.1 Å². The van der Waals surface area contributed by atoms with Crippen LogP contribution in [0.2, 0.25) is 0 Å². The third-order valence-electron chi connectivity index (χ3n) is 6.22. The number of rotatable bonds is 8. The standard InChI is InChI=1S/C27H34N6/c1-16(2)24(28)26-30-14-22(32-26)20-10-6-18(7-11-20)19-8-12-21(13-9-19)23-15-31-27(33-23)25(29-5)17(3)4/h6-17,24-25,29H,28H2,1-5H3,(H,30,32)(H,31,33). The van der Waals surface area contributed by atoms with E-state index in [1.807, 2.05) is 19.4 Å². The van der Waals surface area contributed by atoms with Crippen LogP contribution in [-0.2, 0) is 0 Å². The summed E-state index contributed by atoms with van der Waals surface area (Å²) in [5, 5.41) is 3.33. The Bertz CT molecular complexity index is 1170. The van der Waals surface area contributed by atoms with E-state index < -0.39 is 0 Å². The van der Waals surface area contributed by atoms with Gasteiger partial charge in [0, 0.05) is 0 Å². The van der Waals surface area contributed by atoms with Gasteiger partial charge in [-0.2, -0.15) is 0 Å². The van der Waals surface area contributed by atoms with E-state index in [2.05, 4.69) is 101 Å². The predicted octanol–water partition coefficient (Wildman–Crippen LogP) is 5.71. The van der Waals surface area contributed by atoms with Gasteiger partial charge in [-0.1, -0.05) is 76.2 Å². The van der Waals surface area contributed by atoms with Crippen LogP contribution in [0.1, 0.15) is 51.4 Å². The van der Waals surface area contributed by atoms with Gasteiger partial charge in [0.25, 0.3) is 0 Å². The zero-order valence-electron chi connectivity index (χ0n) is 20.1. The zero-order chi connectivity index (χ0) is 23.5. The third-order valence-corrected chi connectivity index (χ3v) is 6.22. The minimum absolute atomic E-state index is 0.0861. The van der Waals surface area contributed by atoms with Crippen LogP contribution >= 0.6 is 0 Å². The van der Waals surface area contributed by atoms with E-state index in [1.165, 1.54) is 11.1 Å². The third kappa shape index (κ3) is 4.92. The Morgan fingerprint density at radius 1 is 0.667 bits per heavy atom. The molecular formula is C27H34N6. The van der Waals surface area contributed by atoms with E-state index >= 15 is 0 Å². The van der Waals surface area contributed by atoms with Gasteiger partial charge in [0.05, 0.1) is 35.9 Å². The number of imidazole rings is 2. The topological polar surface area (TPSA) is 95.4 Å². The smallest absolute Gasteiger partial charge is 0.123 e. The second kappa shape index (κ2) is 9.73. The highest BCUT2D eigenvalue weighted by molar-refractivity contribution is 5.71. The molecule has 0 bridgehead atoms. The Labute approximate surface area is 196 Å². The summed E-state index contributed by atoms with van der Waals surface area (Å²) in [4.78, 5) is 15.9. The molecule has 0 saturated carbocycles. The van der Waals surface area contributed by atoms with Gasteiger partial charge in [0.2, 0.25) is 0 Å². The molecule has 0 amide bonds. The molecule has 0 fully saturated rings. The Morgan fingerprint density at radius 2 is 1.09 bits per heavy atom. The molecule has 33 heavy (non-hydrogen) atoms. The fourth-order valence-corrected chi connectivity index (χ4v) is 4.08. The summed E-state index contributed by atoms with van der Waals surface area (Å²) >= 11 is 0. The fraction of sp³-hybridized carbons (Fsp3) is 0.333. The van der Waals surface area contributed by atoms with E-state index in [9.17, 15) is 0 Å². The first-order chi connectivity index (χ1) is 15.9. The van der Waals surface area contributed by atoms with Crippen LogP contribution in [0.5, 0.6) is 0 Å². The van der Waals surface area contributed by atoms with E-state index in [1.54, 1.807) is 0 Å². The largest absolute Gasteiger partial charge is 0.341 e. The van der Waals surface area contributed by atoms with Crippen LogP contribution in [0.15, 0.2) is 60.9 Å². The maximum Gasteiger partial charge on any atom is 0.123 e. The monoisotopic (exact) mass is 442 g/mol. The minimum atomic E-state index is -0.0861. The van der Waals surface area contributed by atoms with Crippen LogP contribution in [0.4, 0.5) is 0 Å². The molecule has 2 atom stereocenters. The van der Waals surface area contributed by atoms with E-state index in [-0.39, 0.29) is 12.1 Å². The molecule has 0 saturated heterocycles. The zero-order valence-corrected chi connectivity index (χ0v) is 20.1. The van der Waals surface area contributed by atoms with Gasteiger partial charge in [0.1, 0.15) is 11.6 Å². The number of H-pyrrole nitrogens is 2. The van der Waals surface area contributed by atoms with Gasteiger partial charge in [0.15, 0.2) is 0 Å². The normalized spacial score (nSPS) is 13.6. The van der Waals surface area contributed by atoms with Crippen LogP contribution in [-0.4, -0.2) is 27.0 Å². The molecule has 2 aromatic carbocycles. The highest BCUT2D eigenvalue weighted by atomic mass is 15.0. The predicted molar refractivity (Wildman–Crippen MR) is 135 cm³/mol. The summed E-state index contributed by atoms with van der Waals surface area (Å²) in [5.74, 6) is 2.59. The van der Waals surface area contributed by atoms with Crippen molar-refractivity contribution in [2.75, 3.05) is 7.05 Å². The molecule has 0 aliphatic heterocycles. The van der Waals surface area contributed by atoms with Crippen molar-refractivity contribution in [2.45, 2.75) is 39.8 Å². The van der Waals surface area contributed by atoms with Gasteiger partial charge < -0.3 is 21.0 Å². The van der Waals surface area contributed by atoms with Crippen molar-refractivity contribution in [1.29, 1.82) is 0 Å². The lowest BCUT2D eigenvalue weighted by molar-refractivity contribution is 0.426. The molecule has 5 N–H and O–H groups in total. The lowest BCUT2D eigenvalue weighted by Crippen LogP contribution is -2.22. The minimum Gasteiger partial charge on any atom is -0.341 e. The molecule has 6 nitrogen and oxygen atoms in total. The summed E-state index contributed by atoms with van der Waals surface area (Å²) in [7, 11) is 1.97. The van der Waals surface area contributed by atoms with Crippen molar-refractivity contribution >= 4 is 0 Å². The maximum atomic E-state index is 6.22. The lowest BCUT2D eigenvalue weighted by atomic mass is 10.0. The number of nitrogens with two attached hydrogens (primary N) is 1. The Hall–Kier alpha value is -3.22. The van der Waals surface area contributed by atoms with Gasteiger partial charge in [-0.3, -0.25) is 0 Å². The van der Waals surface area contributed by atoms with Gasteiger partial charge in [-0.15, -0.1) is 0 Å². The molecule has 172 valence electrons. The van der Waals surface area contributed by atoms with Crippen LogP contribution in [0, 0.1) is 11.8 Å². The van der Waals surface area contributed by atoms with E-state index in [4.69, 9.17) is 5.73 Å². The van der Waals surface area contributed by atoms with E-state index in [0.717, 1.165) is 34.2 Å². The number of aromatic nitrogens is 4. The van der Waals surface area contributed by atoms with Crippen molar-refractivity contribution in [3.05, 3.63) is 72.6 Å². The molecule has 2 unspecified atom stereocenters. The van der Waals surface area contributed by atoms with Crippen LogP contribution in [0.3, 0.4) is 0 Å². The fourth-order valence-electron chi connectivity index (χ4n) is 4.08. The summed E-state index contributed by atoms with van der Waals surface area (Å²) < 4.78 is 0. The number of nitrogens with one attached hydrogen (secondary N) is 3. The first-order valence-corrected chi connectivity index (χ1v) is 11.6. The summed E-state index contributed by atoms with van der Waals surface area (Å²) in [5.41, 5.74) is 12.8. The van der Waals surface area contributed by atoms with Crippen molar-refractivity contribution < 1.29 is 0 Å². The molecule has 0 spiro atoms. The number of nitrogens with zero attached hydrogens (tertiary/aromatic N) is 2. The Morgan fingerprint density at radius 3 is 1.52 bits per heavy atom. The SMILES string of the molecule is CNC(c1ncc(-c2ccc(-c3ccc(-c4cnc(C(N)C(C)C)[nH]4)cc3)cc2)[nH]1)C(C)C. The Balaban J connectivity index is 1.49. The average Bonchev–Trinajstić information content (AvgIpc) is 3.50. The Kier molecular flexibility index (Phi) is 6.77. The molecule has 0 aliphatic carbocycles. The molecule has 2 aromatic heterocycles. The highest BCUT2D eigenvalue weighted by Gasteiger charge is 2.17. The van der Waals surface area contributed by atoms with Crippen molar-refractivity contribution in [3.8, 4) is 33.6 Å². The molecule has 0 aliphatic rings. The van der Waals surface area contributed by atoms with E-state index in [0.29, 0.717) is 11.8 Å². The number of benzene rings is 2. The second-order valence-corrected chi connectivity index (χ2v) is 9.30. The first-order valence-electron chi connectivity index (χ1n) is 11.6. The molecule has 2 heterocycles. The highest BCUT2D eigenvalue weighted by Crippen LogP contribution is 2.28. The molecule has 4 aromatic rings. The molecule has 6 heteroatoms. The molecule has 0 radical (unpaired) electrons. The van der Waals surface area contributed by atoms with Gasteiger partial charge in [-0.25, -0.2) is 9.97 Å². The average molecular weight is 443 g/mol. The maximum absolute atomic E-state index is 6.22. The van der Waals surface area contributed by atoms with Crippen molar-refractivity contribution in [1.82, 2.24) is 25.3 Å². The van der Waals surface area contributed by atoms with Gasteiger partial charge >= 0.3 is 0 Å². The van der Waals surface area contributed by atoms with Crippen LogP contribution in [0.25, 0.3) is 33.6 Å². The number of hydrogen-bond donors (Lipinski definition) is 4. The molecule has 4 rings (SSSR count). The molecular weight excluding hydrogens is 408 g/mol. The van der Waals surface area contributed by atoms with Crippen molar-refractivity contribution in [2.24, 2.45) is 17.6 Å². The number of aromatic amines is 2. The first kappa shape index (κ1) is 23.0. The summed E-state index contributed by atoms with van der Waals surface area (Å²) in [6.45, 7) is 8.58.